The zero-order chi connectivity index (χ0) is 21.1. The average molecular weight is 427 g/mol. The summed E-state index contributed by atoms with van der Waals surface area (Å²) < 4.78 is 4.85. The standard InChI is InChI=1S/C21H34N2O3S2/c1-14(2)17-9-8-15(6-5-7-16(22)13-27)12-18(17)20(24)23-19(10-11-28-4)21(25)26-3/h8-9,12,14,16,19,27H,5-7,10-11,13,22H2,1-4H3,(H,23,24)/t16-,19+/m1/s1. The predicted octanol–water partition coefficient (Wildman–Crippen LogP) is 3.41. The van der Waals surface area contributed by atoms with E-state index in [9.17, 15) is 9.59 Å². The molecule has 0 radical (unpaired) electrons. The lowest BCUT2D eigenvalue weighted by atomic mass is 9.93. The van der Waals surface area contributed by atoms with Gasteiger partial charge in [-0.15, -0.1) is 0 Å². The molecule has 7 heteroatoms. The fourth-order valence-electron chi connectivity index (χ4n) is 2.98. The summed E-state index contributed by atoms with van der Waals surface area (Å²) in [6, 6.07) is 5.49. The molecular weight excluding hydrogens is 392 g/mol. The van der Waals surface area contributed by atoms with Crippen molar-refractivity contribution in [3.63, 3.8) is 0 Å². The molecule has 0 unspecified atom stereocenters. The summed E-state index contributed by atoms with van der Waals surface area (Å²) in [4.78, 5) is 25.0. The Labute approximate surface area is 179 Å². The number of nitrogens with one attached hydrogen (secondary N) is 1. The van der Waals surface area contributed by atoms with Gasteiger partial charge in [0.1, 0.15) is 6.04 Å². The molecular formula is C21H34N2O3S2. The number of hydrogen-bond donors (Lipinski definition) is 3. The highest BCUT2D eigenvalue weighted by molar-refractivity contribution is 7.98. The fourth-order valence-corrected chi connectivity index (χ4v) is 3.64. The van der Waals surface area contributed by atoms with Crippen LogP contribution in [0.5, 0.6) is 0 Å². The van der Waals surface area contributed by atoms with E-state index in [0.29, 0.717) is 17.7 Å². The van der Waals surface area contributed by atoms with Crippen LogP contribution in [0.15, 0.2) is 18.2 Å². The van der Waals surface area contributed by atoms with Crippen LogP contribution in [0, 0.1) is 0 Å². The molecule has 0 bridgehead atoms. The third kappa shape index (κ3) is 8.05. The third-order valence-electron chi connectivity index (χ3n) is 4.66. The second kappa shape index (κ2) is 13.1. The summed E-state index contributed by atoms with van der Waals surface area (Å²) in [6.07, 6.45) is 5.21. The van der Waals surface area contributed by atoms with Crippen molar-refractivity contribution in [3.05, 3.63) is 34.9 Å². The van der Waals surface area contributed by atoms with Crippen molar-refractivity contribution in [2.24, 2.45) is 5.73 Å². The molecule has 1 rings (SSSR count). The predicted molar refractivity (Wildman–Crippen MR) is 122 cm³/mol. The normalized spacial score (nSPS) is 13.2. The SMILES string of the molecule is COC(=O)[C@H](CCSC)NC(=O)c1cc(CCC[C@@H](N)CS)ccc1C(C)C. The number of methoxy groups -OCH3 is 1. The number of esters is 1. The zero-order valence-electron chi connectivity index (χ0n) is 17.4. The highest BCUT2D eigenvalue weighted by atomic mass is 32.2. The minimum atomic E-state index is -0.637. The van der Waals surface area contributed by atoms with Crippen LogP contribution in [0.1, 0.15) is 60.5 Å². The summed E-state index contributed by atoms with van der Waals surface area (Å²) in [5.74, 6) is 1.00. The Bertz CT molecular complexity index is 638. The lowest BCUT2D eigenvalue weighted by molar-refractivity contribution is -0.142. The number of benzene rings is 1. The fraction of sp³-hybridized carbons (Fsp3) is 0.619. The number of carbonyl (C=O) groups is 2. The van der Waals surface area contributed by atoms with Crippen LogP contribution in [0.3, 0.4) is 0 Å². The Morgan fingerprint density at radius 1 is 1.29 bits per heavy atom. The molecule has 0 saturated heterocycles. The van der Waals surface area contributed by atoms with E-state index in [-0.39, 0.29) is 17.9 Å². The summed E-state index contributed by atoms with van der Waals surface area (Å²) in [5, 5.41) is 2.87. The van der Waals surface area contributed by atoms with Gasteiger partial charge in [-0.25, -0.2) is 4.79 Å². The number of aryl methyl sites for hydroxylation is 1. The molecule has 3 N–H and O–H groups in total. The summed E-state index contributed by atoms with van der Waals surface area (Å²) in [6.45, 7) is 4.12. The van der Waals surface area contributed by atoms with Crippen LogP contribution < -0.4 is 11.1 Å². The maximum atomic E-state index is 13.0. The van der Waals surface area contributed by atoms with E-state index in [1.165, 1.54) is 7.11 Å². The number of nitrogens with two attached hydrogens (primary N) is 1. The van der Waals surface area contributed by atoms with Crippen LogP contribution in [0.2, 0.25) is 0 Å². The second-order valence-electron chi connectivity index (χ2n) is 7.24. The van der Waals surface area contributed by atoms with Gasteiger partial charge in [-0.1, -0.05) is 26.0 Å². The molecule has 0 saturated carbocycles. The van der Waals surface area contributed by atoms with E-state index in [4.69, 9.17) is 10.5 Å². The van der Waals surface area contributed by atoms with Gasteiger partial charge in [0.25, 0.3) is 5.91 Å². The number of rotatable bonds is 12. The second-order valence-corrected chi connectivity index (χ2v) is 8.59. The maximum absolute atomic E-state index is 13.0. The number of hydrogen-bond acceptors (Lipinski definition) is 6. The van der Waals surface area contributed by atoms with Gasteiger partial charge in [0.2, 0.25) is 0 Å². The van der Waals surface area contributed by atoms with Crippen molar-refractivity contribution < 1.29 is 14.3 Å². The molecule has 0 aliphatic heterocycles. The van der Waals surface area contributed by atoms with Crippen molar-refractivity contribution in [2.45, 2.75) is 57.5 Å². The molecule has 158 valence electrons. The first-order valence-corrected chi connectivity index (χ1v) is 11.7. The van der Waals surface area contributed by atoms with Crippen molar-refractivity contribution in [1.82, 2.24) is 5.32 Å². The molecule has 0 heterocycles. The Morgan fingerprint density at radius 3 is 2.57 bits per heavy atom. The first kappa shape index (κ1) is 24.9. The molecule has 1 amide bonds. The molecule has 28 heavy (non-hydrogen) atoms. The minimum absolute atomic E-state index is 0.0956. The monoisotopic (exact) mass is 426 g/mol. The van der Waals surface area contributed by atoms with Gasteiger partial charge in [0.05, 0.1) is 7.11 Å². The minimum Gasteiger partial charge on any atom is -0.467 e. The summed E-state index contributed by atoms with van der Waals surface area (Å²) in [7, 11) is 1.34. The van der Waals surface area contributed by atoms with Crippen LogP contribution in [0.4, 0.5) is 0 Å². The van der Waals surface area contributed by atoms with E-state index in [0.717, 1.165) is 36.1 Å². The van der Waals surface area contributed by atoms with Crippen molar-refractivity contribution in [3.8, 4) is 0 Å². The molecule has 2 atom stereocenters. The first-order valence-electron chi connectivity index (χ1n) is 9.70. The van der Waals surface area contributed by atoms with Gasteiger partial charge in [0.15, 0.2) is 0 Å². The van der Waals surface area contributed by atoms with Gasteiger partial charge in [-0.2, -0.15) is 24.4 Å². The molecule has 0 aromatic heterocycles. The zero-order valence-corrected chi connectivity index (χ0v) is 19.1. The lowest BCUT2D eigenvalue weighted by Gasteiger charge is -2.19. The van der Waals surface area contributed by atoms with E-state index in [1.807, 2.05) is 18.4 Å². The molecule has 0 aliphatic carbocycles. The van der Waals surface area contributed by atoms with Gasteiger partial charge >= 0.3 is 5.97 Å². The van der Waals surface area contributed by atoms with Crippen molar-refractivity contribution >= 4 is 36.3 Å². The third-order valence-corrected chi connectivity index (χ3v) is 5.77. The number of thioether (sulfide) groups is 1. The number of carbonyl (C=O) groups excluding carboxylic acids is 2. The summed E-state index contributed by atoms with van der Waals surface area (Å²) in [5.41, 5.74) is 8.63. The Balaban J connectivity index is 2.98. The van der Waals surface area contributed by atoms with Gasteiger partial charge in [-0.05, 0) is 60.8 Å². The molecule has 0 spiro atoms. The summed E-state index contributed by atoms with van der Waals surface area (Å²) >= 11 is 5.85. The van der Waals surface area contributed by atoms with E-state index in [1.54, 1.807) is 11.8 Å². The highest BCUT2D eigenvalue weighted by Gasteiger charge is 2.23. The lowest BCUT2D eigenvalue weighted by Crippen LogP contribution is -2.42. The molecule has 0 aliphatic rings. The van der Waals surface area contributed by atoms with E-state index >= 15 is 0 Å². The number of ether oxygens (including phenoxy) is 1. The maximum Gasteiger partial charge on any atom is 0.328 e. The average Bonchev–Trinajstić information content (AvgIpc) is 2.69. The Kier molecular flexibility index (Phi) is 11.6. The van der Waals surface area contributed by atoms with Crippen LogP contribution in [-0.2, 0) is 16.0 Å². The topological polar surface area (TPSA) is 81.4 Å². The Hall–Kier alpha value is -1.18. The van der Waals surface area contributed by atoms with Crippen LogP contribution >= 0.6 is 24.4 Å². The van der Waals surface area contributed by atoms with Gasteiger partial charge in [0, 0.05) is 17.4 Å². The largest absolute Gasteiger partial charge is 0.467 e. The van der Waals surface area contributed by atoms with Gasteiger partial charge < -0.3 is 15.8 Å². The molecule has 1 aromatic rings. The highest BCUT2D eigenvalue weighted by Crippen LogP contribution is 2.22. The number of amides is 1. The number of thiol groups is 1. The van der Waals surface area contributed by atoms with Crippen molar-refractivity contribution in [1.29, 1.82) is 0 Å². The van der Waals surface area contributed by atoms with Crippen molar-refractivity contribution in [2.75, 3.05) is 24.9 Å². The molecule has 1 aromatic carbocycles. The first-order chi connectivity index (χ1) is 13.3. The molecule has 5 nitrogen and oxygen atoms in total. The quantitative estimate of drug-likeness (QED) is 0.352. The van der Waals surface area contributed by atoms with Crippen LogP contribution in [0.25, 0.3) is 0 Å². The van der Waals surface area contributed by atoms with Gasteiger partial charge in [-0.3, -0.25) is 4.79 Å². The Morgan fingerprint density at radius 2 is 2.00 bits per heavy atom. The van der Waals surface area contributed by atoms with E-state index < -0.39 is 12.0 Å². The smallest absolute Gasteiger partial charge is 0.328 e. The molecule has 0 fully saturated rings. The van der Waals surface area contributed by atoms with E-state index in [2.05, 4.69) is 37.9 Å². The van der Waals surface area contributed by atoms with Crippen LogP contribution in [-0.4, -0.2) is 48.8 Å².